The van der Waals surface area contributed by atoms with E-state index in [1.807, 2.05) is 48.5 Å². The van der Waals surface area contributed by atoms with E-state index in [0.717, 1.165) is 15.4 Å². The van der Waals surface area contributed by atoms with Gasteiger partial charge in [0, 0.05) is 33.6 Å². The quantitative estimate of drug-likeness (QED) is 0.188. The lowest BCUT2D eigenvalue weighted by Gasteiger charge is -2.08. The van der Waals surface area contributed by atoms with Gasteiger partial charge in [-0.2, -0.15) is 0 Å². The van der Waals surface area contributed by atoms with Crippen molar-refractivity contribution in [1.82, 2.24) is 0 Å². The number of benzene rings is 3. The second kappa shape index (κ2) is 8.27. The molecule has 0 aliphatic rings. The summed E-state index contributed by atoms with van der Waals surface area (Å²) < 4.78 is 0. The molecular formula is C21H15NO3S. The lowest BCUT2D eigenvalue weighted by molar-refractivity contribution is -0.384. The van der Waals surface area contributed by atoms with Crippen molar-refractivity contribution >= 4 is 28.1 Å². The van der Waals surface area contributed by atoms with Crippen molar-refractivity contribution in [2.75, 3.05) is 0 Å². The van der Waals surface area contributed by atoms with Crippen LogP contribution in [0.15, 0.2) is 95.9 Å². The highest BCUT2D eigenvalue weighted by Gasteiger charge is 2.11. The van der Waals surface area contributed by atoms with Crippen molar-refractivity contribution in [1.29, 1.82) is 0 Å². The summed E-state index contributed by atoms with van der Waals surface area (Å²) in [5, 5.41) is 10.9. The van der Waals surface area contributed by atoms with E-state index in [-0.39, 0.29) is 11.5 Å². The lowest BCUT2D eigenvalue weighted by atomic mass is 10.1. The Hall–Kier alpha value is -3.18. The van der Waals surface area contributed by atoms with Crippen molar-refractivity contribution in [3.63, 3.8) is 0 Å². The van der Waals surface area contributed by atoms with Gasteiger partial charge in [0.15, 0.2) is 5.78 Å². The van der Waals surface area contributed by atoms with Crippen LogP contribution in [-0.4, -0.2) is 10.7 Å². The monoisotopic (exact) mass is 361 g/mol. The fourth-order valence-electron chi connectivity index (χ4n) is 2.34. The number of allylic oxidation sites excluding steroid dienone is 1. The second-order valence-corrected chi connectivity index (χ2v) is 6.57. The smallest absolute Gasteiger partial charge is 0.269 e. The largest absolute Gasteiger partial charge is 0.289 e. The van der Waals surface area contributed by atoms with Gasteiger partial charge in [-0.1, -0.05) is 60.3 Å². The molecule has 0 aliphatic carbocycles. The molecular weight excluding hydrogens is 346 g/mol. The zero-order valence-electron chi connectivity index (χ0n) is 13.7. The summed E-state index contributed by atoms with van der Waals surface area (Å²) in [6.07, 6.45) is 1.58. The zero-order valence-corrected chi connectivity index (χ0v) is 14.6. The van der Waals surface area contributed by atoms with Gasteiger partial charge in [0.25, 0.3) is 5.69 Å². The van der Waals surface area contributed by atoms with Gasteiger partial charge in [0.05, 0.1) is 4.92 Å². The molecule has 0 saturated heterocycles. The summed E-state index contributed by atoms with van der Waals surface area (Å²) in [5.41, 5.74) is 1.38. The molecule has 3 rings (SSSR count). The van der Waals surface area contributed by atoms with Crippen LogP contribution in [0.25, 0.3) is 4.91 Å². The average Bonchev–Trinajstić information content (AvgIpc) is 2.69. The molecule has 0 amide bonds. The number of rotatable bonds is 6. The third-order valence-corrected chi connectivity index (χ3v) is 4.74. The van der Waals surface area contributed by atoms with Gasteiger partial charge in [-0.25, -0.2) is 0 Å². The van der Waals surface area contributed by atoms with E-state index in [1.165, 1.54) is 23.9 Å². The first-order valence-electron chi connectivity index (χ1n) is 7.92. The number of hydrogen-bond donors (Lipinski definition) is 0. The molecule has 0 heterocycles. The SMILES string of the molecule is O=C(/C=C(\Sc1ccccc1)c1ccc([N+](=O)[O-])cc1)c1ccccc1. The number of carbonyl (C=O) groups excluding carboxylic acids is 1. The van der Waals surface area contributed by atoms with Crippen LogP contribution >= 0.6 is 11.8 Å². The fourth-order valence-corrected chi connectivity index (χ4v) is 3.31. The van der Waals surface area contributed by atoms with Crippen molar-refractivity contribution in [3.8, 4) is 0 Å². The predicted molar refractivity (Wildman–Crippen MR) is 104 cm³/mol. The Morgan fingerprint density at radius 3 is 1.96 bits per heavy atom. The van der Waals surface area contributed by atoms with Gasteiger partial charge in [-0.05, 0) is 29.8 Å². The number of nitro benzene ring substituents is 1. The first kappa shape index (κ1) is 17.6. The molecule has 3 aromatic carbocycles. The fraction of sp³-hybridized carbons (Fsp3) is 0. The summed E-state index contributed by atoms with van der Waals surface area (Å²) in [7, 11) is 0. The number of thioether (sulfide) groups is 1. The molecule has 0 atom stereocenters. The maximum absolute atomic E-state index is 12.6. The zero-order chi connectivity index (χ0) is 18.4. The highest BCUT2D eigenvalue weighted by molar-refractivity contribution is 8.08. The van der Waals surface area contributed by atoms with E-state index in [2.05, 4.69) is 0 Å². The van der Waals surface area contributed by atoms with Crippen LogP contribution < -0.4 is 0 Å². The highest BCUT2D eigenvalue weighted by atomic mass is 32.2. The summed E-state index contributed by atoms with van der Waals surface area (Å²) >= 11 is 1.45. The van der Waals surface area contributed by atoms with E-state index in [9.17, 15) is 14.9 Å². The van der Waals surface area contributed by atoms with Crippen LogP contribution in [0, 0.1) is 10.1 Å². The van der Waals surface area contributed by atoms with Crippen molar-refractivity contribution in [2.45, 2.75) is 4.90 Å². The highest BCUT2D eigenvalue weighted by Crippen LogP contribution is 2.35. The molecule has 0 spiro atoms. The molecule has 0 bridgehead atoms. The average molecular weight is 361 g/mol. The Bertz CT molecular complexity index is 936. The molecule has 5 heteroatoms. The van der Waals surface area contributed by atoms with Crippen LogP contribution in [0.5, 0.6) is 0 Å². The van der Waals surface area contributed by atoms with Gasteiger partial charge in [-0.15, -0.1) is 0 Å². The van der Waals surface area contributed by atoms with Crippen molar-refractivity contribution < 1.29 is 9.72 Å². The minimum absolute atomic E-state index is 0.0206. The third-order valence-electron chi connectivity index (χ3n) is 3.65. The number of hydrogen-bond acceptors (Lipinski definition) is 4. The summed E-state index contributed by atoms with van der Waals surface area (Å²) in [5.74, 6) is -0.109. The Kier molecular flexibility index (Phi) is 5.61. The number of ketones is 1. The van der Waals surface area contributed by atoms with E-state index >= 15 is 0 Å². The number of nitro groups is 1. The first-order valence-corrected chi connectivity index (χ1v) is 8.74. The molecule has 0 N–H and O–H groups in total. The third kappa shape index (κ3) is 4.46. The van der Waals surface area contributed by atoms with Crippen molar-refractivity contribution in [2.24, 2.45) is 0 Å². The minimum atomic E-state index is -0.438. The first-order chi connectivity index (χ1) is 12.6. The summed E-state index contributed by atoms with van der Waals surface area (Å²) in [6.45, 7) is 0. The second-order valence-electron chi connectivity index (χ2n) is 5.46. The predicted octanol–water partition coefficient (Wildman–Crippen LogP) is 5.61. The molecule has 0 radical (unpaired) electrons. The normalized spacial score (nSPS) is 11.2. The Balaban J connectivity index is 1.97. The summed E-state index contributed by atoms with van der Waals surface area (Å²) in [4.78, 5) is 24.7. The number of non-ortho nitro benzene ring substituents is 1. The van der Waals surface area contributed by atoms with Crippen LogP contribution in [0.4, 0.5) is 5.69 Å². The molecule has 26 heavy (non-hydrogen) atoms. The molecule has 0 fully saturated rings. The van der Waals surface area contributed by atoms with Crippen molar-refractivity contribution in [3.05, 3.63) is 112 Å². The molecule has 3 aromatic rings. The number of nitrogens with zero attached hydrogens (tertiary/aromatic N) is 1. The van der Waals surface area contributed by atoms with Gasteiger partial charge in [0.2, 0.25) is 0 Å². The van der Waals surface area contributed by atoms with Crippen LogP contribution in [-0.2, 0) is 0 Å². The molecule has 0 unspecified atom stereocenters. The Morgan fingerprint density at radius 2 is 1.38 bits per heavy atom. The Morgan fingerprint density at radius 1 is 0.808 bits per heavy atom. The lowest BCUT2D eigenvalue weighted by Crippen LogP contribution is -1.95. The maximum atomic E-state index is 12.6. The molecule has 0 aliphatic heterocycles. The summed E-state index contributed by atoms with van der Waals surface area (Å²) in [6, 6.07) is 24.9. The van der Waals surface area contributed by atoms with Crippen LogP contribution in [0.3, 0.4) is 0 Å². The Labute approximate surface area is 155 Å². The van der Waals surface area contributed by atoms with Gasteiger partial charge in [-0.3, -0.25) is 14.9 Å². The molecule has 0 saturated carbocycles. The maximum Gasteiger partial charge on any atom is 0.269 e. The number of carbonyl (C=O) groups is 1. The van der Waals surface area contributed by atoms with Crippen LogP contribution in [0.2, 0.25) is 0 Å². The van der Waals surface area contributed by atoms with Gasteiger partial charge < -0.3 is 0 Å². The molecule has 128 valence electrons. The van der Waals surface area contributed by atoms with Gasteiger partial charge >= 0.3 is 0 Å². The van der Waals surface area contributed by atoms with E-state index in [1.54, 1.807) is 30.3 Å². The minimum Gasteiger partial charge on any atom is -0.289 e. The van der Waals surface area contributed by atoms with E-state index in [4.69, 9.17) is 0 Å². The molecule has 4 nitrogen and oxygen atoms in total. The standard InChI is InChI=1S/C21H15NO3S/c23-20(16-7-3-1-4-8-16)15-21(26-19-9-5-2-6-10-19)17-11-13-18(14-12-17)22(24)25/h1-15H/b21-15-. The van der Waals surface area contributed by atoms with Gasteiger partial charge in [0.1, 0.15) is 0 Å². The van der Waals surface area contributed by atoms with E-state index < -0.39 is 4.92 Å². The topological polar surface area (TPSA) is 60.2 Å². The van der Waals surface area contributed by atoms with E-state index in [0.29, 0.717) is 5.56 Å². The van der Waals surface area contributed by atoms with Crippen LogP contribution in [0.1, 0.15) is 15.9 Å². The molecule has 0 aromatic heterocycles.